The summed E-state index contributed by atoms with van der Waals surface area (Å²) in [7, 11) is -3.76. The maximum atomic E-state index is 13.2. The van der Waals surface area contributed by atoms with Crippen LogP contribution in [0.15, 0.2) is 41.3 Å². The number of aryl methyl sites for hydroxylation is 3. The molecule has 0 fully saturated rings. The maximum absolute atomic E-state index is 13.2. The molecular weight excluding hydrogens is 328 g/mol. The molecule has 0 saturated carbocycles. The van der Waals surface area contributed by atoms with Crippen LogP contribution in [0.4, 0.5) is 11.4 Å². The van der Waals surface area contributed by atoms with Gasteiger partial charge in [-0.3, -0.25) is 14.4 Å². The first-order chi connectivity index (χ1) is 11.3. The summed E-state index contributed by atoms with van der Waals surface area (Å²) in [6.07, 6.45) is 1.40. The van der Waals surface area contributed by atoms with Gasteiger partial charge in [-0.1, -0.05) is 18.2 Å². The van der Waals surface area contributed by atoms with Crippen LogP contribution in [-0.4, -0.2) is 19.9 Å². The number of anilines is 1. The first-order valence-electron chi connectivity index (χ1n) is 7.68. The van der Waals surface area contributed by atoms with Gasteiger partial charge >= 0.3 is 0 Å². The van der Waals surface area contributed by atoms with E-state index >= 15 is 0 Å². The smallest absolute Gasteiger partial charge is 0.266 e. The number of nitrogens with zero attached hydrogens (tertiary/aromatic N) is 2. The molecule has 7 heteroatoms. The van der Waals surface area contributed by atoms with Gasteiger partial charge in [0.2, 0.25) is 0 Å². The zero-order valence-electron chi connectivity index (χ0n) is 13.5. The van der Waals surface area contributed by atoms with Crippen LogP contribution in [0.3, 0.4) is 0 Å². The molecule has 0 unspecified atom stereocenters. The summed E-state index contributed by atoms with van der Waals surface area (Å²) in [6.45, 7) is 3.92. The van der Waals surface area contributed by atoms with Crippen LogP contribution in [0.5, 0.6) is 0 Å². The summed E-state index contributed by atoms with van der Waals surface area (Å²) in [5, 5.41) is 11.0. The van der Waals surface area contributed by atoms with Gasteiger partial charge in [0.25, 0.3) is 15.7 Å². The normalized spacial score (nSPS) is 14.3. The monoisotopic (exact) mass is 346 g/mol. The van der Waals surface area contributed by atoms with Crippen molar-refractivity contribution in [1.29, 1.82) is 0 Å². The van der Waals surface area contributed by atoms with Crippen molar-refractivity contribution in [2.45, 2.75) is 31.6 Å². The summed E-state index contributed by atoms with van der Waals surface area (Å²) in [4.78, 5) is 10.8. The third-order valence-corrected chi connectivity index (χ3v) is 6.22. The topological polar surface area (TPSA) is 80.5 Å². The molecule has 126 valence electrons. The highest BCUT2D eigenvalue weighted by Gasteiger charge is 2.31. The van der Waals surface area contributed by atoms with Crippen molar-refractivity contribution in [2.75, 3.05) is 10.8 Å². The predicted molar refractivity (Wildman–Crippen MR) is 91.9 cm³/mol. The minimum atomic E-state index is -3.76. The molecule has 0 saturated heterocycles. The van der Waals surface area contributed by atoms with Crippen molar-refractivity contribution in [1.82, 2.24) is 0 Å². The van der Waals surface area contributed by atoms with Crippen LogP contribution in [0.25, 0.3) is 0 Å². The third kappa shape index (κ3) is 2.75. The molecule has 24 heavy (non-hydrogen) atoms. The van der Waals surface area contributed by atoms with Gasteiger partial charge in [0.05, 0.1) is 15.5 Å². The minimum absolute atomic E-state index is 0.100. The molecule has 1 aliphatic rings. The van der Waals surface area contributed by atoms with Crippen molar-refractivity contribution < 1.29 is 13.3 Å². The van der Waals surface area contributed by atoms with Crippen LogP contribution in [0.1, 0.15) is 23.1 Å². The van der Waals surface area contributed by atoms with Gasteiger partial charge in [0.15, 0.2) is 0 Å². The van der Waals surface area contributed by atoms with Crippen LogP contribution >= 0.6 is 0 Å². The fourth-order valence-electron chi connectivity index (χ4n) is 3.00. The molecule has 2 aromatic carbocycles. The molecule has 0 bridgehead atoms. The van der Waals surface area contributed by atoms with Gasteiger partial charge in [-0.05, 0) is 49.4 Å². The molecule has 3 rings (SSSR count). The number of nitro groups is 1. The second-order valence-electron chi connectivity index (χ2n) is 6.02. The Labute approximate surface area is 140 Å². The second-order valence-corrected chi connectivity index (χ2v) is 7.85. The lowest BCUT2D eigenvalue weighted by Crippen LogP contribution is -2.36. The number of benzene rings is 2. The Kier molecular flexibility index (Phi) is 4.04. The number of sulfonamides is 1. The molecule has 0 radical (unpaired) electrons. The van der Waals surface area contributed by atoms with Crippen molar-refractivity contribution >= 4 is 21.4 Å². The second kappa shape index (κ2) is 5.90. The van der Waals surface area contributed by atoms with Crippen molar-refractivity contribution in [3.05, 3.63) is 63.2 Å². The van der Waals surface area contributed by atoms with E-state index in [0.717, 1.165) is 11.1 Å². The molecule has 0 amide bonds. The molecule has 2 aromatic rings. The fourth-order valence-corrected chi connectivity index (χ4v) is 4.84. The molecule has 1 heterocycles. The van der Waals surface area contributed by atoms with E-state index in [2.05, 4.69) is 0 Å². The zero-order valence-corrected chi connectivity index (χ0v) is 14.3. The van der Waals surface area contributed by atoms with Gasteiger partial charge in [-0.15, -0.1) is 0 Å². The van der Waals surface area contributed by atoms with E-state index in [9.17, 15) is 18.5 Å². The van der Waals surface area contributed by atoms with E-state index in [0.29, 0.717) is 30.6 Å². The number of hydrogen-bond acceptors (Lipinski definition) is 4. The lowest BCUT2D eigenvalue weighted by atomic mass is 10.0. The summed E-state index contributed by atoms with van der Waals surface area (Å²) in [5.41, 5.74) is 2.66. The molecule has 0 aliphatic carbocycles. The van der Waals surface area contributed by atoms with Crippen molar-refractivity contribution in [3.63, 3.8) is 0 Å². The number of nitro benzene ring substituents is 1. The van der Waals surface area contributed by atoms with Crippen LogP contribution in [0.2, 0.25) is 0 Å². The summed E-state index contributed by atoms with van der Waals surface area (Å²) in [5.74, 6) is 0. The van der Waals surface area contributed by atoms with E-state index in [-0.39, 0.29) is 10.6 Å². The third-order valence-electron chi connectivity index (χ3n) is 4.27. The highest BCUT2D eigenvalue weighted by Crippen LogP contribution is 2.35. The summed E-state index contributed by atoms with van der Waals surface area (Å²) >= 11 is 0. The van der Waals surface area contributed by atoms with Gasteiger partial charge in [-0.2, -0.15) is 0 Å². The SMILES string of the molecule is Cc1ccc(C)c(S(=O)(=O)N2CCCc3ccc([N+](=O)[O-])cc32)c1. The standard InChI is InChI=1S/C17H18N2O4S/c1-12-5-6-13(2)17(10-12)24(22,23)18-9-3-4-14-7-8-15(19(20)21)11-16(14)18/h5-8,10-11H,3-4,9H2,1-2H3. The van der Waals surface area contributed by atoms with Gasteiger partial charge < -0.3 is 0 Å². The molecular formula is C17H18N2O4S. The van der Waals surface area contributed by atoms with Gasteiger partial charge in [-0.25, -0.2) is 8.42 Å². The average Bonchev–Trinajstić information content (AvgIpc) is 2.55. The zero-order chi connectivity index (χ0) is 17.5. The molecule has 0 N–H and O–H groups in total. The Bertz CT molecular complexity index is 922. The van der Waals surface area contributed by atoms with Crippen molar-refractivity contribution in [3.8, 4) is 0 Å². The van der Waals surface area contributed by atoms with Gasteiger partial charge in [0, 0.05) is 18.7 Å². The molecule has 6 nitrogen and oxygen atoms in total. The van der Waals surface area contributed by atoms with Crippen molar-refractivity contribution in [2.24, 2.45) is 0 Å². The van der Waals surface area contributed by atoms with E-state index in [4.69, 9.17) is 0 Å². The Balaban J connectivity index is 2.16. The van der Waals surface area contributed by atoms with Crippen LogP contribution in [0, 0.1) is 24.0 Å². The molecule has 0 spiro atoms. The van der Waals surface area contributed by atoms with E-state index < -0.39 is 14.9 Å². The largest absolute Gasteiger partial charge is 0.271 e. The maximum Gasteiger partial charge on any atom is 0.271 e. The van der Waals surface area contributed by atoms with Gasteiger partial charge in [0.1, 0.15) is 0 Å². The number of fused-ring (bicyclic) bond motifs is 1. The van der Waals surface area contributed by atoms with Crippen LogP contribution < -0.4 is 4.31 Å². The Morgan fingerprint density at radius 2 is 1.88 bits per heavy atom. The average molecular weight is 346 g/mol. The summed E-state index contributed by atoms with van der Waals surface area (Å²) in [6, 6.07) is 9.72. The lowest BCUT2D eigenvalue weighted by Gasteiger charge is -2.30. The van der Waals surface area contributed by atoms with E-state index in [1.165, 1.54) is 16.4 Å². The Morgan fingerprint density at radius 3 is 2.58 bits per heavy atom. The first kappa shape index (κ1) is 16.4. The predicted octanol–water partition coefficient (Wildman–Crippen LogP) is 3.35. The number of rotatable bonds is 3. The molecule has 1 aliphatic heterocycles. The Morgan fingerprint density at radius 1 is 1.12 bits per heavy atom. The first-order valence-corrected chi connectivity index (χ1v) is 9.12. The lowest BCUT2D eigenvalue weighted by molar-refractivity contribution is -0.384. The van der Waals surface area contributed by atoms with E-state index in [1.807, 2.05) is 13.0 Å². The van der Waals surface area contributed by atoms with Crippen LogP contribution in [-0.2, 0) is 16.4 Å². The highest BCUT2D eigenvalue weighted by molar-refractivity contribution is 7.92. The minimum Gasteiger partial charge on any atom is -0.266 e. The quantitative estimate of drug-likeness (QED) is 0.630. The number of non-ortho nitro benzene ring substituents is 1. The molecule has 0 aromatic heterocycles. The Hall–Kier alpha value is -2.41. The molecule has 0 atom stereocenters. The number of hydrogen-bond donors (Lipinski definition) is 0. The fraction of sp³-hybridized carbons (Fsp3) is 0.294. The highest BCUT2D eigenvalue weighted by atomic mass is 32.2. The van der Waals surface area contributed by atoms with E-state index in [1.54, 1.807) is 25.1 Å². The summed E-state index contributed by atoms with van der Waals surface area (Å²) < 4.78 is 27.6.